The molecule has 1 aliphatic rings. The summed E-state index contributed by atoms with van der Waals surface area (Å²) in [6.07, 6.45) is 3.99. The lowest BCUT2D eigenvalue weighted by Crippen LogP contribution is -2.18. The standard InChI is InChI=1S/C25H24N6/c1-28-17-8-11-19(12-9-17)31-15-29-22-14-18(10-13-23(22)31)30-25(27)21-5-3-2-4-20(21)24(26)16-6-7-16/h2-5,8-16,26,28H,6-7H2,1H3,(H2,27,30). The number of hydrogen-bond donors (Lipinski definition) is 3. The maximum absolute atomic E-state index is 8.45. The molecule has 0 aliphatic heterocycles. The molecule has 1 aliphatic carbocycles. The van der Waals surface area contributed by atoms with Gasteiger partial charge in [0, 0.05) is 41.2 Å². The zero-order valence-electron chi connectivity index (χ0n) is 17.3. The molecule has 0 amide bonds. The molecule has 5 rings (SSSR count). The number of benzene rings is 3. The topological polar surface area (TPSA) is 92.1 Å². The number of nitrogens with one attached hydrogen (secondary N) is 2. The Morgan fingerprint density at radius 2 is 1.81 bits per heavy atom. The smallest absolute Gasteiger partial charge is 0.132 e. The van der Waals surface area contributed by atoms with Crippen LogP contribution in [0.2, 0.25) is 0 Å². The molecule has 31 heavy (non-hydrogen) atoms. The van der Waals surface area contributed by atoms with Crippen LogP contribution in [0.3, 0.4) is 0 Å². The zero-order valence-corrected chi connectivity index (χ0v) is 17.3. The Balaban J connectivity index is 1.47. The maximum atomic E-state index is 8.45. The van der Waals surface area contributed by atoms with Crippen LogP contribution in [0.4, 0.5) is 11.4 Å². The Morgan fingerprint density at radius 1 is 1.06 bits per heavy atom. The number of imidazole rings is 1. The summed E-state index contributed by atoms with van der Waals surface area (Å²) in [7, 11) is 1.91. The van der Waals surface area contributed by atoms with Crippen molar-refractivity contribution in [3.8, 4) is 5.69 Å². The van der Waals surface area contributed by atoms with Crippen LogP contribution in [0.25, 0.3) is 16.7 Å². The Morgan fingerprint density at radius 3 is 2.52 bits per heavy atom. The summed E-state index contributed by atoms with van der Waals surface area (Å²) >= 11 is 0. The van der Waals surface area contributed by atoms with Crippen LogP contribution >= 0.6 is 0 Å². The molecule has 1 heterocycles. The number of fused-ring (bicyclic) bond motifs is 1. The third-order valence-corrected chi connectivity index (χ3v) is 5.69. The highest BCUT2D eigenvalue weighted by Crippen LogP contribution is 2.33. The first-order chi connectivity index (χ1) is 15.1. The van der Waals surface area contributed by atoms with E-state index in [2.05, 4.69) is 32.0 Å². The summed E-state index contributed by atoms with van der Waals surface area (Å²) in [6.45, 7) is 0. The van der Waals surface area contributed by atoms with Crippen molar-refractivity contribution in [3.05, 3.63) is 84.2 Å². The second-order valence-corrected chi connectivity index (χ2v) is 7.82. The highest BCUT2D eigenvalue weighted by Gasteiger charge is 2.28. The predicted molar refractivity (Wildman–Crippen MR) is 127 cm³/mol. The van der Waals surface area contributed by atoms with Crippen LogP contribution in [0, 0.1) is 11.3 Å². The molecule has 0 bridgehead atoms. The van der Waals surface area contributed by atoms with Gasteiger partial charge in [-0.25, -0.2) is 9.98 Å². The number of nitrogens with zero attached hydrogens (tertiary/aromatic N) is 3. The SMILES string of the molecule is CNc1ccc(-n2cnc3cc(N=C(N)c4ccccc4C(=N)C4CC4)ccc32)cc1. The van der Waals surface area contributed by atoms with Crippen molar-refractivity contribution in [2.75, 3.05) is 12.4 Å². The van der Waals surface area contributed by atoms with E-state index in [0.29, 0.717) is 17.5 Å². The average molecular weight is 409 g/mol. The quantitative estimate of drug-likeness (QED) is 0.313. The van der Waals surface area contributed by atoms with Gasteiger partial charge in [-0.15, -0.1) is 0 Å². The normalized spacial score (nSPS) is 14.0. The van der Waals surface area contributed by atoms with E-state index >= 15 is 0 Å². The number of amidine groups is 1. The minimum atomic E-state index is 0.358. The fraction of sp³-hybridized carbons (Fsp3) is 0.160. The number of nitrogens with two attached hydrogens (primary N) is 1. The third-order valence-electron chi connectivity index (χ3n) is 5.69. The van der Waals surface area contributed by atoms with E-state index in [9.17, 15) is 0 Å². The molecule has 1 saturated carbocycles. The summed E-state index contributed by atoms with van der Waals surface area (Å²) in [6, 6.07) is 21.9. The molecule has 1 aromatic heterocycles. The van der Waals surface area contributed by atoms with E-state index in [1.807, 2.05) is 68.0 Å². The Labute approximate surface area is 181 Å². The maximum Gasteiger partial charge on any atom is 0.132 e. The molecule has 1 fully saturated rings. The van der Waals surface area contributed by atoms with Crippen molar-refractivity contribution in [3.63, 3.8) is 0 Å². The average Bonchev–Trinajstić information content (AvgIpc) is 3.58. The molecule has 4 aromatic rings. The van der Waals surface area contributed by atoms with Crippen LogP contribution in [0.5, 0.6) is 0 Å². The molecule has 6 nitrogen and oxygen atoms in total. The lowest BCUT2D eigenvalue weighted by Gasteiger charge is -2.10. The first kappa shape index (κ1) is 19.1. The van der Waals surface area contributed by atoms with Gasteiger partial charge in [-0.2, -0.15) is 0 Å². The Kier molecular flexibility index (Phi) is 4.75. The van der Waals surface area contributed by atoms with Gasteiger partial charge >= 0.3 is 0 Å². The molecule has 0 radical (unpaired) electrons. The Hall–Kier alpha value is -3.93. The van der Waals surface area contributed by atoms with Gasteiger partial charge in [0.15, 0.2) is 0 Å². The van der Waals surface area contributed by atoms with E-state index in [4.69, 9.17) is 11.1 Å². The molecule has 3 aromatic carbocycles. The molecule has 0 saturated heterocycles. The summed E-state index contributed by atoms with van der Waals surface area (Å²) in [4.78, 5) is 9.21. The number of aliphatic imine (C=N–C) groups is 1. The molecule has 0 atom stereocenters. The van der Waals surface area contributed by atoms with Crippen LogP contribution < -0.4 is 11.1 Å². The molecular weight excluding hydrogens is 384 g/mol. The van der Waals surface area contributed by atoms with E-state index in [0.717, 1.165) is 52.1 Å². The molecule has 0 unspecified atom stereocenters. The first-order valence-electron chi connectivity index (χ1n) is 10.4. The highest BCUT2D eigenvalue weighted by molar-refractivity contribution is 6.12. The van der Waals surface area contributed by atoms with Crippen LogP contribution in [-0.2, 0) is 0 Å². The monoisotopic (exact) mass is 408 g/mol. The van der Waals surface area contributed by atoms with E-state index in [1.54, 1.807) is 0 Å². The van der Waals surface area contributed by atoms with Gasteiger partial charge in [0.05, 0.1) is 16.7 Å². The minimum Gasteiger partial charge on any atom is -0.388 e. The summed E-state index contributed by atoms with van der Waals surface area (Å²) in [5, 5.41) is 11.6. The van der Waals surface area contributed by atoms with Crippen molar-refractivity contribution in [2.45, 2.75) is 12.8 Å². The summed E-state index contributed by atoms with van der Waals surface area (Å²) in [5.74, 6) is 0.777. The van der Waals surface area contributed by atoms with E-state index < -0.39 is 0 Å². The van der Waals surface area contributed by atoms with Crippen molar-refractivity contribution >= 4 is 34.0 Å². The highest BCUT2D eigenvalue weighted by atomic mass is 15.0. The lowest BCUT2D eigenvalue weighted by atomic mass is 9.99. The second kappa shape index (κ2) is 7.72. The Bertz CT molecular complexity index is 1300. The van der Waals surface area contributed by atoms with Gasteiger partial charge in [0.2, 0.25) is 0 Å². The fourth-order valence-corrected chi connectivity index (χ4v) is 3.80. The van der Waals surface area contributed by atoms with Crippen LogP contribution in [0.15, 0.2) is 78.0 Å². The van der Waals surface area contributed by atoms with Crippen LogP contribution in [-0.4, -0.2) is 28.1 Å². The van der Waals surface area contributed by atoms with Crippen molar-refractivity contribution < 1.29 is 0 Å². The second-order valence-electron chi connectivity index (χ2n) is 7.82. The lowest BCUT2D eigenvalue weighted by molar-refractivity contribution is 1.09. The molecule has 0 spiro atoms. The summed E-state index contributed by atoms with van der Waals surface area (Å²) < 4.78 is 2.05. The molecule has 154 valence electrons. The number of aromatic nitrogens is 2. The molecule has 4 N–H and O–H groups in total. The van der Waals surface area contributed by atoms with E-state index in [1.165, 1.54) is 0 Å². The fourth-order valence-electron chi connectivity index (χ4n) is 3.80. The third kappa shape index (κ3) is 3.68. The van der Waals surface area contributed by atoms with Gasteiger partial charge in [0.25, 0.3) is 0 Å². The number of hydrogen-bond acceptors (Lipinski definition) is 4. The predicted octanol–water partition coefficient (Wildman–Crippen LogP) is 4.88. The molecule has 6 heteroatoms. The largest absolute Gasteiger partial charge is 0.388 e. The zero-order chi connectivity index (χ0) is 21.4. The minimum absolute atomic E-state index is 0.358. The van der Waals surface area contributed by atoms with Crippen molar-refractivity contribution in [1.82, 2.24) is 9.55 Å². The van der Waals surface area contributed by atoms with Gasteiger partial charge in [-0.05, 0) is 55.3 Å². The van der Waals surface area contributed by atoms with Gasteiger partial charge in [-0.1, -0.05) is 24.3 Å². The van der Waals surface area contributed by atoms with Gasteiger partial charge in [-0.3, -0.25) is 4.57 Å². The van der Waals surface area contributed by atoms with Gasteiger partial charge < -0.3 is 16.5 Å². The first-order valence-corrected chi connectivity index (χ1v) is 10.4. The van der Waals surface area contributed by atoms with Gasteiger partial charge in [0.1, 0.15) is 12.2 Å². The summed E-state index contributed by atoms with van der Waals surface area (Å²) in [5.41, 5.74) is 13.4. The number of rotatable bonds is 6. The van der Waals surface area contributed by atoms with Crippen molar-refractivity contribution in [1.29, 1.82) is 5.41 Å². The molecular formula is C25H24N6. The number of anilines is 1. The van der Waals surface area contributed by atoms with Crippen LogP contribution in [0.1, 0.15) is 24.0 Å². The van der Waals surface area contributed by atoms with E-state index in [-0.39, 0.29) is 0 Å². The van der Waals surface area contributed by atoms with Crippen molar-refractivity contribution in [2.24, 2.45) is 16.6 Å².